The van der Waals surface area contributed by atoms with Crippen molar-refractivity contribution in [2.75, 3.05) is 31.6 Å². The molecule has 0 amide bonds. The van der Waals surface area contributed by atoms with E-state index in [1.807, 2.05) is 0 Å². The Hall–Kier alpha value is -0.130. The van der Waals surface area contributed by atoms with Crippen LogP contribution in [-0.2, 0) is 9.84 Å². The van der Waals surface area contributed by atoms with Crippen LogP contribution in [0.4, 0.5) is 0 Å². The molecule has 2 unspecified atom stereocenters. The predicted molar refractivity (Wildman–Crippen MR) is 79.1 cm³/mol. The smallest absolute Gasteiger partial charge is 0.147 e. The number of rotatable bonds is 5. The number of hydrogen-bond donors (Lipinski definition) is 1. The van der Waals surface area contributed by atoms with Gasteiger partial charge in [0.25, 0.3) is 0 Å². The monoisotopic (exact) mass is 288 g/mol. The summed E-state index contributed by atoms with van der Waals surface area (Å²) >= 11 is 0. The molecule has 0 aromatic rings. The van der Waals surface area contributed by atoms with Gasteiger partial charge in [0.2, 0.25) is 0 Å². The summed E-state index contributed by atoms with van der Waals surface area (Å²) in [5.41, 5.74) is 0.232. The number of nitrogens with zero attached hydrogens (tertiary/aromatic N) is 1. The predicted octanol–water partition coefficient (Wildman–Crippen LogP) is 1.27. The Morgan fingerprint density at radius 3 is 2.58 bits per heavy atom. The van der Waals surface area contributed by atoms with Gasteiger partial charge in [0.05, 0.1) is 5.75 Å². The molecule has 1 aliphatic heterocycles. The first-order valence-electron chi connectivity index (χ1n) is 7.47. The van der Waals surface area contributed by atoms with E-state index in [2.05, 4.69) is 24.1 Å². The van der Waals surface area contributed by atoms with Crippen molar-refractivity contribution >= 4 is 9.84 Å². The van der Waals surface area contributed by atoms with Crippen molar-refractivity contribution in [3.63, 3.8) is 0 Å². The fourth-order valence-electron chi connectivity index (χ4n) is 3.21. The highest BCUT2D eigenvalue weighted by atomic mass is 32.2. The Bertz CT molecular complexity index is 406. The standard InChI is InChI=1S/C14H28N2O2S/c1-12-7-8-15-14(2,13-5-6-13)11-16(12)9-4-10-19(3,17)18/h12-13,15H,4-11H2,1-3H3. The molecule has 1 heterocycles. The number of sulfone groups is 1. The first-order valence-corrected chi connectivity index (χ1v) is 9.53. The van der Waals surface area contributed by atoms with Crippen LogP contribution in [0.25, 0.3) is 0 Å². The van der Waals surface area contributed by atoms with Crippen molar-refractivity contribution in [2.24, 2.45) is 5.92 Å². The molecule has 1 saturated heterocycles. The molecule has 1 aliphatic carbocycles. The highest BCUT2D eigenvalue weighted by Gasteiger charge is 2.43. The fraction of sp³-hybridized carbons (Fsp3) is 1.00. The van der Waals surface area contributed by atoms with Gasteiger partial charge in [-0.1, -0.05) is 0 Å². The summed E-state index contributed by atoms with van der Waals surface area (Å²) in [6, 6.07) is 0.549. The van der Waals surface area contributed by atoms with Crippen molar-refractivity contribution < 1.29 is 8.42 Å². The van der Waals surface area contributed by atoms with Crippen molar-refractivity contribution in [1.82, 2.24) is 10.2 Å². The quantitative estimate of drug-likeness (QED) is 0.828. The lowest BCUT2D eigenvalue weighted by molar-refractivity contribution is 0.163. The van der Waals surface area contributed by atoms with Gasteiger partial charge in [0.15, 0.2) is 0 Å². The lowest BCUT2D eigenvalue weighted by atomic mass is 9.95. The van der Waals surface area contributed by atoms with E-state index in [1.54, 1.807) is 0 Å². The summed E-state index contributed by atoms with van der Waals surface area (Å²) < 4.78 is 22.5. The molecule has 2 aliphatic rings. The average molecular weight is 288 g/mol. The fourth-order valence-corrected chi connectivity index (χ4v) is 3.86. The minimum atomic E-state index is -2.83. The Morgan fingerprint density at radius 1 is 1.32 bits per heavy atom. The third-order valence-electron chi connectivity index (χ3n) is 4.68. The number of hydrogen-bond acceptors (Lipinski definition) is 4. The largest absolute Gasteiger partial charge is 0.310 e. The third kappa shape index (κ3) is 4.43. The van der Waals surface area contributed by atoms with E-state index in [0.29, 0.717) is 11.8 Å². The molecule has 1 saturated carbocycles. The van der Waals surface area contributed by atoms with Crippen LogP contribution in [-0.4, -0.2) is 56.5 Å². The average Bonchev–Trinajstić information content (AvgIpc) is 3.08. The molecule has 2 fully saturated rings. The van der Waals surface area contributed by atoms with Gasteiger partial charge in [-0.2, -0.15) is 0 Å². The minimum Gasteiger partial charge on any atom is -0.310 e. The summed E-state index contributed by atoms with van der Waals surface area (Å²) in [6.07, 6.45) is 5.92. The van der Waals surface area contributed by atoms with E-state index in [9.17, 15) is 8.42 Å². The Morgan fingerprint density at radius 2 is 2.00 bits per heavy atom. The van der Waals surface area contributed by atoms with E-state index >= 15 is 0 Å². The van der Waals surface area contributed by atoms with E-state index in [-0.39, 0.29) is 5.54 Å². The van der Waals surface area contributed by atoms with Gasteiger partial charge in [-0.05, 0) is 58.5 Å². The molecule has 19 heavy (non-hydrogen) atoms. The van der Waals surface area contributed by atoms with Crippen molar-refractivity contribution in [1.29, 1.82) is 0 Å². The summed E-state index contributed by atoms with van der Waals surface area (Å²) in [5.74, 6) is 1.12. The van der Waals surface area contributed by atoms with Crippen LogP contribution in [0.15, 0.2) is 0 Å². The van der Waals surface area contributed by atoms with E-state index < -0.39 is 9.84 Å². The van der Waals surface area contributed by atoms with Gasteiger partial charge in [-0.25, -0.2) is 8.42 Å². The van der Waals surface area contributed by atoms with E-state index in [0.717, 1.165) is 38.4 Å². The van der Waals surface area contributed by atoms with Crippen LogP contribution >= 0.6 is 0 Å². The van der Waals surface area contributed by atoms with Gasteiger partial charge in [0, 0.05) is 24.4 Å². The van der Waals surface area contributed by atoms with Crippen LogP contribution in [0.3, 0.4) is 0 Å². The second-order valence-corrected chi connectivity index (χ2v) is 8.97. The van der Waals surface area contributed by atoms with Crippen LogP contribution < -0.4 is 5.32 Å². The second kappa shape index (κ2) is 5.70. The maximum absolute atomic E-state index is 11.2. The van der Waals surface area contributed by atoms with Crippen LogP contribution in [0, 0.1) is 5.92 Å². The molecule has 0 radical (unpaired) electrons. The molecule has 0 bridgehead atoms. The minimum absolute atomic E-state index is 0.232. The maximum atomic E-state index is 11.2. The molecule has 0 spiro atoms. The van der Waals surface area contributed by atoms with Crippen molar-refractivity contribution in [2.45, 2.75) is 51.1 Å². The van der Waals surface area contributed by atoms with Gasteiger partial charge >= 0.3 is 0 Å². The molecule has 4 nitrogen and oxygen atoms in total. The summed E-state index contributed by atoms with van der Waals surface area (Å²) in [5, 5.41) is 3.73. The van der Waals surface area contributed by atoms with Gasteiger partial charge in [0.1, 0.15) is 9.84 Å². The lowest BCUT2D eigenvalue weighted by Crippen LogP contribution is -2.51. The topological polar surface area (TPSA) is 49.4 Å². The van der Waals surface area contributed by atoms with Crippen LogP contribution in [0.2, 0.25) is 0 Å². The van der Waals surface area contributed by atoms with Crippen molar-refractivity contribution in [3.8, 4) is 0 Å². The Labute approximate surface area is 117 Å². The molecular formula is C14H28N2O2S. The number of nitrogens with one attached hydrogen (secondary N) is 1. The molecule has 0 aromatic heterocycles. The highest BCUT2D eigenvalue weighted by molar-refractivity contribution is 7.90. The molecule has 112 valence electrons. The maximum Gasteiger partial charge on any atom is 0.147 e. The zero-order chi connectivity index (χ0) is 14.1. The summed E-state index contributed by atoms with van der Waals surface area (Å²) in [6.45, 7) is 7.64. The zero-order valence-electron chi connectivity index (χ0n) is 12.5. The normalized spacial score (nSPS) is 34.2. The molecule has 2 rings (SSSR count). The third-order valence-corrected chi connectivity index (χ3v) is 5.71. The summed E-state index contributed by atoms with van der Waals surface area (Å²) in [7, 11) is -2.83. The molecule has 1 N–H and O–H groups in total. The zero-order valence-corrected chi connectivity index (χ0v) is 13.3. The Balaban J connectivity index is 1.92. The molecule has 2 atom stereocenters. The first kappa shape index (κ1) is 15.3. The second-order valence-electron chi connectivity index (χ2n) is 6.71. The van der Waals surface area contributed by atoms with E-state index in [1.165, 1.54) is 19.1 Å². The molecule has 5 heteroatoms. The van der Waals surface area contributed by atoms with Crippen LogP contribution in [0.5, 0.6) is 0 Å². The molecular weight excluding hydrogens is 260 g/mol. The summed E-state index contributed by atoms with van der Waals surface area (Å²) in [4.78, 5) is 2.49. The Kier molecular flexibility index (Phi) is 4.58. The van der Waals surface area contributed by atoms with Gasteiger partial charge < -0.3 is 5.32 Å². The van der Waals surface area contributed by atoms with Crippen LogP contribution in [0.1, 0.15) is 39.5 Å². The molecule has 0 aromatic carbocycles. The van der Waals surface area contributed by atoms with Gasteiger partial charge in [-0.3, -0.25) is 4.90 Å². The van der Waals surface area contributed by atoms with Gasteiger partial charge in [-0.15, -0.1) is 0 Å². The lowest BCUT2D eigenvalue weighted by Gasteiger charge is -2.35. The SMILES string of the molecule is CC1CCNC(C)(C2CC2)CN1CCCS(C)(=O)=O. The van der Waals surface area contributed by atoms with Crippen molar-refractivity contribution in [3.05, 3.63) is 0 Å². The van der Waals surface area contributed by atoms with E-state index in [4.69, 9.17) is 0 Å². The highest BCUT2D eigenvalue weighted by Crippen LogP contribution is 2.41. The first-order chi connectivity index (χ1) is 8.80.